The van der Waals surface area contributed by atoms with Crippen molar-refractivity contribution in [1.29, 1.82) is 0 Å². The van der Waals surface area contributed by atoms with Gasteiger partial charge in [0.05, 0.1) is 25.8 Å². The SMILES string of the molecule is CC(C)C(NC(=O)CN1CCN(C(=O)c2ccccc2)CC1)c1ccc2c(c1)OCCCO2. The molecule has 2 amide bonds. The highest BCUT2D eigenvalue weighted by Gasteiger charge is 2.25. The molecular weight excluding hydrogens is 418 g/mol. The maximum absolute atomic E-state index is 12.9. The molecule has 0 saturated carbocycles. The number of rotatable bonds is 6. The summed E-state index contributed by atoms with van der Waals surface area (Å²) in [5, 5.41) is 3.20. The Bertz CT molecular complexity index is 955. The Hall–Kier alpha value is -3.06. The van der Waals surface area contributed by atoms with E-state index in [9.17, 15) is 9.59 Å². The average molecular weight is 452 g/mol. The number of carbonyl (C=O) groups excluding carboxylic acids is 2. The lowest BCUT2D eigenvalue weighted by Gasteiger charge is -2.35. The Morgan fingerprint density at radius 3 is 2.33 bits per heavy atom. The highest BCUT2D eigenvalue weighted by Crippen LogP contribution is 2.34. The van der Waals surface area contributed by atoms with Crippen LogP contribution in [0.15, 0.2) is 48.5 Å². The zero-order chi connectivity index (χ0) is 23.2. The summed E-state index contributed by atoms with van der Waals surface area (Å²) in [4.78, 5) is 29.5. The third-order valence-electron chi connectivity index (χ3n) is 6.16. The van der Waals surface area contributed by atoms with E-state index in [0.29, 0.717) is 51.5 Å². The van der Waals surface area contributed by atoms with Crippen LogP contribution >= 0.6 is 0 Å². The first kappa shape index (κ1) is 23.1. The molecule has 1 unspecified atom stereocenters. The van der Waals surface area contributed by atoms with Crippen molar-refractivity contribution in [1.82, 2.24) is 15.1 Å². The van der Waals surface area contributed by atoms with Gasteiger partial charge in [0.2, 0.25) is 5.91 Å². The van der Waals surface area contributed by atoms with E-state index in [0.717, 1.165) is 23.5 Å². The van der Waals surface area contributed by atoms with Gasteiger partial charge in [0.25, 0.3) is 5.91 Å². The van der Waals surface area contributed by atoms with Gasteiger partial charge in [-0.15, -0.1) is 0 Å². The first-order chi connectivity index (χ1) is 16.0. The second-order valence-corrected chi connectivity index (χ2v) is 8.98. The van der Waals surface area contributed by atoms with Crippen molar-refractivity contribution < 1.29 is 19.1 Å². The van der Waals surface area contributed by atoms with Crippen LogP contribution in [0.2, 0.25) is 0 Å². The number of fused-ring (bicyclic) bond motifs is 1. The van der Waals surface area contributed by atoms with Crippen molar-refractivity contribution in [3.63, 3.8) is 0 Å². The number of benzene rings is 2. The molecule has 0 aliphatic carbocycles. The quantitative estimate of drug-likeness (QED) is 0.731. The third kappa shape index (κ3) is 5.85. The molecular formula is C26H33N3O4. The summed E-state index contributed by atoms with van der Waals surface area (Å²) in [6.45, 7) is 8.41. The standard InChI is InChI=1S/C26H33N3O4/c1-19(2)25(21-9-10-22-23(17-21)33-16-6-15-32-22)27-24(30)18-28-11-13-29(14-12-28)26(31)20-7-4-3-5-8-20/h3-5,7-10,17,19,25H,6,11-16,18H2,1-2H3,(H,27,30). The predicted octanol–water partition coefficient (Wildman–Crippen LogP) is 3.12. The lowest BCUT2D eigenvalue weighted by atomic mass is 9.95. The van der Waals surface area contributed by atoms with Gasteiger partial charge in [0.15, 0.2) is 11.5 Å². The average Bonchev–Trinajstić information content (AvgIpc) is 3.08. The summed E-state index contributed by atoms with van der Waals surface area (Å²) < 4.78 is 11.6. The predicted molar refractivity (Wildman–Crippen MR) is 127 cm³/mol. The van der Waals surface area contributed by atoms with Gasteiger partial charge < -0.3 is 19.7 Å². The fourth-order valence-corrected chi connectivity index (χ4v) is 4.30. The topological polar surface area (TPSA) is 71.1 Å². The first-order valence-electron chi connectivity index (χ1n) is 11.8. The molecule has 2 aromatic rings. The molecule has 33 heavy (non-hydrogen) atoms. The van der Waals surface area contributed by atoms with Crippen LogP contribution in [0, 0.1) is 5.92 Å². The molecule has 176 valence electrons. The number of amides is 2. The largest absolute Gasteiger partial charge is 0.490 e. The van der Waals surface area contributed by atoms with Gasteiger partial charge in [-0.25, -0.2) is 0 Å². The minimum atomic E-state index is -0.115. The number of carbonyl (C=O) groups is 2. The van der Waals surface area contributed by atoms with E-state index in [1.54, 1.807) is 0 Å². The van der Waals surface area contributed by atoms with E-state index in [1.165, 1.54) is 0 Å². The van der Waals surface area contributed by atoms with Crippen LogP contribution in [0.1, 0.15) is 42.2 Å². The summed E-state index contributed by atoms with van der Waals surface area (Å²) in [5.74, 6) is 1.76. The number of piperazine rings is 1. The molecule has 0 bridgehead atoms. The lowest BCUT2D eigenvalue weighted by Crippen LogP contribution is -2.51. The Morgan fingerprint density at radius 1 is 0.939 bits per heavy atom. The molecule has 1 saturated heterocycles. The normalized spacial score (nSPS) is 17.4. The number of ether oxygens (including phenoxy) is 2. The number of hydrogen-bond acceptors (Lipinski definition) is 5. The maximum Gasteiger partial charge on any atom is 0.253 e. The Balaban J connectivity index is 1.32. The van der Waals surface area contributed by atoms with Crippen molar-refractivity contribution >= 4 is 11.8 Å². The second kappa shape index (κ2) is 10.7. The molecule has 2 heterocycles. The molecule has 0 spiro atoms. The van der Waals surface area contributed by atoms with E-state index < -0.39 is 0 Å². The summed E-state index contributed by atoms with van der Waals surface area (Å²) in [5.41, 5.74) is 1.72. The van der Waals surface area contributed by atoms with Crippen LogP contribution in [0.5, 0.6) is 11.5 Å². The molecule has 0 aromatic heterocycles. The summed E-state index contributed by atoms with van der Waals surface area (Å²) in [6.07, 6.45) is 0.860. The zero-order valence-electron chi connectivity index (χ0n) is 19.5. The molecule has 2 aliphatic rings. The molecule has 1 N–H and O–H groups in total. The van der Waals surface area contributed by atoms with Gasteiger partial charge >= 0.3 is 0 Å². The summed E-state index contributed by atoms with van der Waals surface area (Å²) in [7, 11) is 0. The number of nitrogens with zero attached hydrogens (tertiary/aromatic N) is 2. The molecule has 1 atom stereocenters. The van der Waals surface area contributed by atoms with E-state index in [4.69, 9.17) is 9.47 Å². The number of hydrogen-bond donors (Lipinski definition) is 1. The van der Waals surface area contributed by atoms with Crippen molar-refractivity contribution in [2.45, 2.75) is 26.3 Å². The maximum atomic E-state index is 12.9. The van der Waals surface area contributed by atoms with Crippen LogP contribution in [-0.2, 0) is 4.79 Å². The van der Waals surface area contributed by atoms with E-state index in [-0.39, 0.29) is 23.8 Å². The van der Waals surface area contributed by atoms with Gasteiger partial charge in [0.1, 0.15) is 0 Å². The van der Waals surface area contributed by atoms with Crippen molar-refractivity contribution in [2.75, 3.05) is 45.9 Å². The fraction of sp³-hybridized carbons (Fsp3) is 0.462. The van der Waals surface area contributed by atoms with Gasteiger partial charge in [-0.1, -0.05) is 38.1 Å². The molecule has 7 nitrogen and oxygen atoms in total. The van der Waals surface area contributed by atoms with Crippen LogP contribution in [0.3, 0.4) is 0 Å². The van der Waals surface area contributed by atoms with Crippen molar-refractivity contribution in [2.24, 2.45) is 5.92 Å². The Kier molecular flexibility index (Phi) is 7.50. The molecule has 2 aromatic carbocycles. The third-order valence-corrected chi connectivity index (χ3v) is 6.16. The first-order valence-corrected chi connectivity index (χ1v) is 11.8. The van der Waals surface area contributed by atoms with Crippen LogP contribution in [0.25, 0.3) is 0 Å². The van der Waals surface area contributed by atoms with Gasteiger partial charge in [0, 0.05) is 38.2 Å². The van der Waals surface area contributed by atoms with Gasteiger partial charge in [-0.05, 0) is 35.7 Å². The van der Waals surface area contributed by atoms with Crippen molar-refractivity contribution in [3.05, 3.63) is 59.7 Å². The summed E-state index contributed by atoms with van der Waals surface area (Å²) in [6, 6.07) is 15.2. The molecule has 2 aliphatic heterocycles. The van der Waals surface area contributed by atoms with Crippen LogP contribution < -0.4 is 14.8 Å². The van der Waals surface area contributed by atoms with Gasteiger partial charge in [-0.3, -0.25) is 14.5 Å². The molecule has 0 radical (unpaired) electrons. The minimum absolute atomic E-state index is 0.0105. The van der Waals surface area contributed by atoms with Crippen LogP contribution in [0.4, 0.5) is 0 Å². The van der Waals surface area contributed by atoms with Gasteiger partial charge in [-0.2, -0.15) is 0 Å². The highest BCUT2D eigenvalue weighted by atomic mass is 16.5. The molecule has 1 fully saturated rings. The zero-order valence-corrected chi connectivity index (χ0v) is 19.5. The molecule has 7 heteroatoms. The van der Waals surface area contributed by atoms with E-state index >= 15 is 0 Å². The Labute approximate surface area is 195 Å². The smallest absolute Gasteiger partial charge is 0.253 e. The van der Waals surface area contributed by atoms with E-state index in [2.05, 4.69) is 24.1 Å². The lowest BCUT2D eigenvalue weighted by molar-refractivity contribution is -0.123. The summed E-state index contributed by atoms with van der Waals surface area (Å²) >= 11 is 0. The minimum Gasteiger partial charge on any atom is -0.490 e. The Morgan fingerprint density at radius 2 is 1.64 bits per heavy atom. The van der Waals surface area contributed by atoms with Crippen molar-refractivity contribution in [3.8, 4) is 11.5 Å². The molecule has 4 rings (SSSR count). The highest BCUT2D eigenvalue weighted by molar-refractivity contribution is 5.94. The fourth-order valence-electron chi connectivity index (χ4n) is 4.30. The van der Waals surface area contributed by atoms with Crippen LogP contribution in [-0.4, -0.2) is 67.6 Å². The van der Waals surface area contributed by atoms with E-state index in [1.807, 2.05) is 53.4 Å². The number of nitrogens with one attached hydrogen (secondary N) is 1. The monoisotopic (exact) mass is 451 g/mol. The second-order valence-electron chi connectivity index (χ2n) is 8.98.